The second kappa shape index (κ2) is 10.4. The Bertz CT molecular complexity index is 1370. The van der Waals surface area contributed by atoms with Gasteiger partial charge >= 0.3 is 5.97 Å². The van der Waals surface area contributed by atoms with Crippen LogP contribution in [0.4, 0.5) is 20.2 Å². The van der Waals surface area contributed by atoms with Crippen LogP contribution in [-0.2, 0) is 19.6 Å². The molecule has 0 aliphatic carbocycles. The lowest BCUT2D eigenvalue weighted by molar-refractivity contribution is -0.123. The Labute approximate surface area is 200 Å². The predicted molar refractivity (Wildman–Crippen MR) is 124 cm³/mol. The van der Waals surface area contributed by atoms with E-state index in [-0.39, 0.29) is 17.0 Å². The monoisotopic (exact) mass is 502 g/mol. The van der Waals surface area contributed by atoms with Gasteiger partial charge in [-0.15, -0.1) is 0 Å². The second-order valence-corrected chi connectivity index (χ2v) is 9.11. The SMILES string of the molecule is CC(=O)c1ccc(NC(=O)C(C)OC(=O)c2ccc(NS(=O)(=O)c3ccc(F)c(F)c3)cc2)cc1. The largest absolute Gasteiger partial charge is 0.449 e. The number of hydrogen-bond donors (Lipinski definition) is 2. The molecule has 35 heavy (non-hydrogen) atoms. The van der Waals surface area contributed by atoms with E-state index in [0.29, 0.717) is 23.4 Å². The number of carbonyl (C=O) groups excluding carboxylic acids is 3. The molecule has 11 heteroatoms. The number of carbonyl (C=O) groups is 3. The normalized spacial score (nSPS) is 11.9. The van der Waals surface area contributed by atoms with Crippen LogP contribution in [0.5, 0.6) is 0 Å². The maximum absolute atomic E-state index is 13.4. The molecule has 0 bridgehead atoms. The van der Waals surface area contributed by atoms with Crippen LogP contribution in [0.15, 0.2) is 71.6 Å². The molecule has 8 nitrogen and oxygen atoms in total. The first-order valence-electron chi connectivity index (χ1n) is 10.2. The zero-order chi connectivity index (χ0) is 25.8. The molecule has 0 saturated carbocycles. The van der Waals surface area contributed by atoms with Crippen molar-refractivity contribution in [2.75, 3.05) is 10.0 Å². The Balaban J connectivity index is 1.60. The summed E-state index contributed by atoms with van der Waals surface area (Å²) in [7, 11) is -4.20. The number of nitrogens with one attached hydrogen (secondary N) is 2. The Morgan fingerprint density at radius 3 is 1.97 bits per heavy atom. The van der Waals surface area contributed by atoms with E-state index in [0.717, 1.165) is 6.07 Å². The van der Waals surface area contributed by atoms with Gasteiger partial charge in [0.25, 0.3) is 15.9 Å². The van der Waals surface area contributed by atoms with Gasteiger partial charge in [-0.3, -0.25) is 14.3 Å². The second-order valence-electron chi connectivity index (χ2n) is 7.43. The number of ether oxygens (including phenoxy) is 1. The maximum atomic E-state index is 13.4. The van der Waals surface area contributed by atoms with Gasteiger partial charge in [-0.25, -0.2) is 22.0 Å². The summed E-state index contributed by atoms with van der Waals surface area (Å²) in [6, 6.07) is 13.4. The van der Waals surface area contributed by atoms with E-state index >= 15 is 0 Å². The van der Waals surface area contributed by atoms with Crippen molar-refractivity contribution in [2.45, 2.75) is 24.8 Å². The standard InChI is InChI=1S/C24H20F2N2O6S/c1-14(29)16-3-7-18(8-4-16)27-23(30)15(2)34-24(31)17-5-9-19(10-6-17)28-35(32,33)20-11-12-21(25)22(26)13-20/h3-13,15,28H,1-2H3,(H,27,30). The van der Waals surface area contributed by atoms with Gasteiger partial charge in [-0.2, -0.15) is 0 Å². The molecule has 3 aromatic rings. The Kier molecular flexibility index (Phi) is 7.60. The Hall–Kier alpha value is -4.12. The number of amides is 1. The third-order valence-electron chi connectivity index (χ3n) is 4.79. The molecule has 182 valence electrons. The van der Waals surface area contributed by atoms with Crippen molar-refractivity contribution in [1.29, 1.82) is 0 Å². The fourth-order valence-corrected chi connectivity index (χ4v) is 3.92. The molecule has 0 saturated heterocycles. The van der Waals surface area contributed by atoms with E-state index in [1.807, 2.05) is 0 Å². The summed E-state index contributed by atoms with van der Waals surface area (Å²) in [6.45, 7) is 2.80. The molecule has 0 spiro atoms. The molecular formula is C24H20F2N2O6S. The molecule has 0 heterocycles. The van der Waals surface area contributed by atoms with E-state index in [9.17, 15) is 31.6 Å². The Morgan fingerprint density at radius 1 is 0.829 bits per heavy atom. The molecule has 1 amide bonds. The molecule has 1 atom stereocenters. The van der Waals surface area contributed by atoms with Gasteiger partial charge in [0.05, 0.1) is 10.5 Å². The zero-order valence-electron chi connectivity index (χ0n) is 18.5. The van der Waals surface area contributed by atoms with Crippen molar-refractivity contribution in [3.63, 3.8) is 0 Å². The van der Waals surface area contributed by atoms with Crippen molar-refractivity contribution < 1.29 is 36.3 Å². The molecule has 1 unspecified atom stereocenters. The van der Waals surface area contributed by atoms with E-state index in [1.165, 1.54) is 38.1 Å². The highest BCUT2D eigenvalue weighted by atomic mass is 32.2. The van der Waals surface area contributed by atoms with Gasteiger partial charge in [0.2, 0.25) is 0 Å². The number of anilines is 2. The molecule has 0 aliphatic rings. The highest BCUT2D eigenvalue weighted by molar-refractivity contribution is 7.92. The molecule has 3 aromatic carbocycles. The number of hydrogen-bond acceptors (Lipinski definition) is 6. The lowest BCUT2D eigenvalue weighted by Gasteiger charge is -2.14. The molecule has 0 aromatic heterocycles. The third kappa shape index (κ3) is 6.48. The average Bonchev–Trinajstić information content (AvgIpc) is 2.81. The van der Waals surface area contributed by atoms with Gasteiger partial charge in [-0.05, 0) is 80.6 Å². The lowest BCUT2D eigenvalue weighted by atomic mass is 10.1. The molecule has 3 rings (SSSR count). The number of sulfonamides is 1. The topological polar surface area (TPSA) is 119 Å². The van der Waals surface area contributed by atoms with Crippen LogP contribution in [0, 0.1) is 11.6 Å². The number of Topliss-reactive ketones (excluding diaryl/α,β-unsaturated/α-hetero) is 1. The summed E-state index contributed by atoms with van der Waals surface area (Å²) in [5.74, 6) is -4.02. The first-order valence-corrected chi connectivity index (χ1v) is 11.7. The number of rotatable bonds is 8. The van der Waals surface area contributed by atoms with Gasteiger partial charge in [-0.1, -0.05) is 0 Å². The summed E-state index contributed by atoms with van der Waals surface area (Å²) in [5, 5.41) is 2.57. The Morgan fingerprint density at radius 2 is 1.40 bits per heavy atom. The number of halogens is 2. The van der Waals surface area contributed by atoms with E-state index in [2.05, 4.69) is 10.0 Å². The fourth-order valence-electron chi connectivity index (χ4n) is 2.85. The van der Waals surface area contributed by atoms with Gasteiger partial charge in [0.15, 0.2) is 23.5 Å². The molecule has 0 aliphatic heterocycles. The van der Waals surface area contributed by atoms with Crippen molar-refractivity contribution in [2.24, 2.45) is 0 Å². The van der Waals surface area contributed by atoms with Crippen LogP contribution in [0.2, 0.25) is 0 Å². The minimum Gasteiger partial charge on any atom is -0.449 e. The summed E-state index contributed by atoms with van der Waals surface area (Å²) in [5.41, 5.74) is 1.01. The molecule has 2 N–H and O–H groups in total. The summed E-state index contributed by atoms with van der Waals surface area (Å²) < 4.78 is 58.5. The fraction of sp³-hybridized carbons (Fsp3) is 0.125. The number of esters is 1. The van der Waals surface area contributed by atoms with Crippen LogP contribution in [-0.4, -0.2) is 32.2 Å². The van der Waals surface area contributed by atoms with E-state index in [4.69, 9.17) is 4.74 Å². The zero-order valence-corrected chi connectivity index (χ0v) is 19.4. The van der Waals surface area contributed by atoms with Gasteiger partial charge < -0.3 is 10.1 Å². The van der Waals surface area contributed by atoms with Gasteiger partial charge in [0.1, 0.15) is 0 Å². The van der Waals surface area contributed by atoms with Crippen LogP contribution in [0.3, 0.4) is 0 Å². The molecule has 0 radical (unpaired) electrons. The summed E-state index contributed by atoms with van der Waals surface area (Å²) in [6.07, 6.45) is -1.15. The van der Waals surface area contributed by atoms with Crippen molar-refractivity contribution in [1.82, 2.24) is 0 Å². The highest BCUT2D eigenvalue weighted by Gasteiger charge is 2.20. The minimum absolute atomic E-state index is 0.0474. The van der Waals surface area contributed by atoms with E-state index < -0.39 is 44.5 Å². The van der Waals surface area contributed by atoms with Crippen molar-refractivity contribution in [3.05, 3.63) is 89.5 Å². The summed E-state index contributed by atoms with van der Waals surface area (Å²) >= 11 is 0. The summed E-state index contributed by atoms with van der Waals surface area (Å²) in [4.78, 5) is 35.5. The first-order chi connectivity index (χ1) is 16.5. The maximum Gasteiger partial charge on any atom is 0.338 e. The smallest absolute Gasteiger partial charge is 0.338 e. The average molecular weight is 502 g/mol. The van der Waals surface area contributed by atoms with Gasteiger partial charge in [0, 0.05) is 16.9 Å². The van der Waals surface area contributed by atoms with E-state index in [1.54, 1.807) is 24.3 Å². The van der Waals surface area contributed by atoms with Crippen molar-refractivity contribution >= 4 is 39.1 Å². The van der Waals surface area contributed by atoms with Crippen LogP contribution >= 0.6 is 0 Å². The number of ketones is 1. The minimum atomic E-state index is -4.20. The van der Waals surface area contributed by atoms with Crippen LogP contribution in [0.1, 0.15) is 34.6 Å². The number of benzene rings is 3. The quantitative estimate of drug-likeness (QED) is 0.353. The molecular weight excluding hydrogens is 482 g/mol. The van der Waals surface area contributed by atoms with Crippen molar-refractivity contribution in [3.8, 4) is 0 Å². The van der Waals surface area contributed by atoms with Crippen LogP contribution in [0.25, 0.3) is 0 Å². The highest BCUT2D eigenvalue weighted by Crippen LogP contribution is 2.19. The third-order valence-corrected chi connectivity index (χ3v) is 6.17. The first kappa shape index (κ1) is 25.5. The molecule has 0 fully saturated rings. The lowest BCUT2D eigenvalue weighted by Crippen LogP contribution is -2.30. The predicted octanol–water partition coefficient (Wildman–Crippen LogP) is 4.15. The van der Waals surface area contributed by atoms with Crippen LogP contribution < -0.4 is 10.0 Å².